The second kappa shape index (κ2) is 5.22. The summed E-state index contributed by atoms with van der Waals surface area (Å²) in [5.74, 6) is -0.554. The van der Waals surface area contributed by atoms with Crippen molar-refractivity contribution < 1.29 is 4.39 Å². The molecule has 2 nitrogen and oxygen atoms in total. The normalized spacial score (nSPS) is 10.4. The Kier molecular flexibility index (Phi) is 3.85. The Bertz CT molecular complexity index is 582. The van der Waals surface area contributed by atoms with Crippen LogP contribution in [0.15, 0.2) is 30.3 Å². The molecule has 18 heavy (non-hydrogen) atoms. The van der Waals surface area contributed by atoms with Crippen LogP contribution in [-0.4, -0.2) is 0 Å². The van der Waals surface area contributed by atoms with Gasteiger partial charge in [0.05, 0.1) is 16.4 Å². The zero-order valence-electron chi connectivity index (χ0n) is 8.98. The average Bonchev–Trinajstić information content (AvgIpc) is 2.24. The number of anilines is 3. The van der Waals surface area contributed by atoms with Gasteiger partial charge in [-0.1, -0.05) is 34.8 Å². The monoisotopic (exact) mass is 304 g/mol. The van der Waals surface area contributed by atoms with Gasteiger partial charge in [0, 0.05) is 21.8 Å². The lowest BCUT2D eigenvalue weighted by molar-refractivity contribution is 0.629. The number of nitrogens with two attached hydrogens (primary N) is 1. The second-order valence-electron chi connectivity index (χ2n) is 3.64. The Morgan fingerprint density at radius 1 is 0.944 bits per heavy atom. The van der Waals surface area contributed by atoms with Crippen molar-refractivity contribution in [2.45, 2.75) is 0 Å². The van der Waals surface area contributed by atoms with Crippen LogP contribution in [0.1, 0.15) is 0 Å². The minimum Gasteiger partial charge on any atom is -0.397 e. The van der Waals surface area contributed by atoms with Gasteiger partial charge >= 0.3 is 0 Å². The maximum Gasteiger partial charge on any atom is 0.144 e. The lowest BCUT2D eigenvalue weighted by Crippen LogP contribution is -1.97. The van der Waals surface area contributed by atoms with Crippen LogP contribution < -0.4 is 11.1 Å². The van der Waals surface area contributed by atoms with Crippen LogP contribution in [-0.2, 0) is 0 Å². The first-order chi connectivity index (χ1) is 8.45. The Hall–Kier alpha value is -1.16. The molecule has 0 aliphatic heterocycles. The van der Waals surface area contributed by atoms with Crippen molar-refractivity contribution in [3.05, 3.63) is 51.2 Å². The van der Waals surface area contributed by atoms with Crippen molar-refractivity contribution in [2.75, 3.05) is 11.1 Å². The Balaban J connectivity index is 2.36. The number of rotatable bonds is 2. The number of nitrogen functional groups attached to an aromatic ring is 1. The van der Waals surface area contributed by atoms with E-state index in [4.69, 9.17) is 40.5 Å². The Morgan fingerprint density at radius 2 is 1.56 bits per heavy atom. The van der Waals surface area contributed by atoms with E-state index in [0.717, 1.165) is 0 Å². The third kappa shape index (κ3) is 2.99. The molecule has 0 atom stereocenters. The highest BCUT2D eigenvalue weighted by Crippen LogP contribution is 2.30. The molecule has 0 aromatic heterocycles. The van der Waals surface area contributed by atoms with Crippen molar-refractivity contribution in [1.82, 2.24) is 0 Å². The van der Waals surface area contributed by atoms with E-state index < -0.39 is 5.82 Å². The molecule has 0 aliphatic carbocycles. The smallest absolute Gasteiger partial charge is 0.144 e. The third-order valence-electron chi connectivity index (χ3n) is 2.23. The SMILES string of the molecule is Nc1cc(Cl)c(F)cc1Nc1cc(Cl)cc(Cl)c1. The summed E-state index contributed by atoms with van der Waals surface area (Å²) in [6, 6.07) is 7.46. The molecule has 0 aliphatic rings. The first-order valence-corrected chi connectivity index (χ1v) is 6.07. The molecule has 0 radical (unpaired) electrons. The second-order valence-corrected chi connectivity index (χ2v) is 4.92. The number of nitrogens with one attached hydrogen (secondary N) is 1. The number of halogens is 4. The lowest BCUT2D eigenvalue weighted by Gasteiger charge is -2.11. The predicted octanol–water partition coefficient (Wildman–Crippen LogP) is 5.11. The van der Waals surface area contributed by atoms with Crippen LogP contribution >= 0.6 is 34.8 Å². The molecule has 2 rings (SSSR count). The summed E-state index contributed by atoms with van der Waals surface area (Å²) < 4.78 is 13.3. The van der Waals surface area contributed by atoms with Crippen molar-refractivity contribution in [2.24, 2.45) is 0 Å². The first kappa shape index (κ1) is 13.3. The van der Waals surface area contributed by atoms with Crippen molar-refractivity contribution in [3.8, 4) is 0 Å². The molecule has 94 valence electrons. The molecule has 0 heterocycles. The molecule has 0 bridgehead atoms. The molecule has 0 fully saturated rings. The fourth-order valence-corrected chi connectivity index (χ4v) is 2.15. The van der Waals surface area contributed by atoms with Gasteiger partial charge in [0.1, 0.15) is 5.82 Å². The predicted molar refractivity (Wildman–Crippen MR) is 75.6 cm³/mol. The number of hydrogen-bond donors (Lipinski definition) is 2. The number of hydrogen-bond acceptors (Lipinski definition) is 2. The summed E-state index contributed by atoms with van der Waals surface area (Å²) in [6.07, 6.45) is 0. The van der Waals surface area contributed by atoms with E-state index >= 15 is 0 Å². The van der Waals surface area contributed by atoms with Gasteiger partial charge < -0.3 is 11.1 Å². The molecule has 0 unspecified atom stereocenters. The molecular formula is C12H8Cl3FN2. The molecule has 3 N–H and O–H groups in total. The highest BCUT2D eigenvalue weighted by molar-refractivity contribution is 6.35. The van der Waals surface area contributed by atoms with Gasteiger partial charge in [-0.25, -0.2) is 4.39 Å². The highest BCUT2D eigenvalue weighted by atomic mass is 35.5. The van der Waals surface area contributed by atoms with Gasteiger partial charge in [-0.15, -0.1) is 0 Å². The van der Waals surface area contributed by atoms with Crippen LogP contribution in [0.3, 0.4) is 0 Å². The number of benzene rings is 2. The van der Waals surface area contributed by atoms with Crippen molar-refractivity contribution >= 4 is 51.9 Å². The zero-order chi connectivity index (χ0) is 13.3. The van der Waals surface area contributed by atoms with Crippen LogP contribution in [0, 0.1) is 5.82 Å². The first-order valence-electron chi connectivity index (χ1n) is 4.93. The quantitative estimate of drug-likeness (QED) is 0.756. The summed E-state index contributed by atoms with van der Waals surface area (Å²) in [7, 11) is 0. The standard InChI is InChI=1S/C12H8Cl3FN2/c13-6-1-7(14)3-8(2-6)18-12-5-10(16)9(15)4-11(12)17/h1-5,18H,17H2. The maximum atomic E-state index is 13.3. The summed E-state index contributed by atoms with van der Waals surface area (Å²) in [5, 5.41) is 3.84. The van der Waals surface area contributed by atoms with Crippen LogP contribution in [0.25, 0.3) is 0 Å². The largest absolute Gasteiger partial charge is 0.397 e. The van der Waals surface area contributed by atoms with E-state index in [1.165, 1.54) is 12.1 Å². The highest BCUT2D eigenvalue weighted by Gasteiger charge is 2.07. The van der Waals surface area contributed by atoms with Crippen LogP contribution in [0.4, 0.5) is 21.5 Å². The minimum absolute atomic E-state index is 0.0258. The van der Waals surface area contributed by atoms with E-state index in [9.17, 15) is 4.39 Å². The van der Waals surface area contributed by atoms with E-state index in [-0.39, 0.29) is 5.02 Å². The van der Waals surface area contributed by atoms with Gasteiger partial charge in [0.15, 0.2) is 0 Å². The minimum atomic E-state index is -0.554. The van der Waals surface area contributed by atoms with E-state index in [2.05, 4.69) is 5.32 Å². The van der Waals surface area contributed by atoms with Crippen LogP contribution in [0.5, 0.6) is 0 Å². The molecule has 0 saturated carbocycles. The van der Waals surface area contributed by atoms with E-state index in [1.807, 2.05) is 0 Å². The molecule has 6 heteroatoms. The fraction of sp³-hybridized carbons (Fsp3) is 0. The molecular weight excluding hydrogens is 298 g/mol. The van der Waals surface area contributed by atoms with Gasteiger partial charge in [-0.2, -0.15) is 0 Å². The topological polar surface area (TPSA) is 38.0 Å². The zero-order valence-corrected chi connectivity index (χ0v) is 11.2. The summed E-state index contributed by atoms with van der Waals surface area (Å²) in [5.41, 5.74) is 7.08. The van der Waals surface area contributed by atoms with E-state index in [0.29, 0.717) is 27.1 Å². The van der Waals surface area contributed by atoms with Crippen molar-refractivity contribution in [1.29, 1.82) is 0 Å². The summed E-state index contributed by atoms with van der Waals surface area (Å²) in [4.78, 5) is 0. The molecule has 2 aromatic carbocycles. The van der Waals surface area contributed by atoms with Crippen LogP contribution in [0.2, 0.25) is 15.1 Å². The maximum absolute atomic E-state index is 13.3. The van der Waals surface area contributed by atoms with Gasteiger partial charge in [0.2, 0.25) is 0 Å². The Morgan fingerprint density at radius 3 is 2.17 bits per heavy atom. The van der Waals surface area contributed by atoms with E-state index in [1.54, 1.807) is 18.2 Å². The van der Waals surface area contributed by atoms with Crippen molar-refractivity contribution in [3.63, 3.8) is 0 Å². The summed E-state index contributed by atoms with van der Waals surface area (Å²) >= 11 is 17.3. The van der Waals surface area contributed by atoms with Gasteiger partial charge in [-0.05, 0) is 24.3 Å². The molecule has 0 saturated heterocycles. The Labute approximate surface area is 118 Å². The molecule has 0 spiro atoms. The molecule has 2 aromatic rings. The lowest BCUT2D eigenvalue weighted by atomic mass is 10.2. The third-order valence-corrected chi connectivity index (χ3v) is 2.96. The fourth-order valence-electron chi connectivity index (χ4n) is 1.45. The molecule has 0 amide bonds. The average molecular weight is 306 g/mol. The summed E-state index contributed by atoms with van der Waals surface area (Å²) in [6.45, 7) is 0. The van der Waals surface area contributed by atoms with Gasteiger partial charge in [-0.3, -0.25) is 0 Å². The van der Waals surface area contributed by atoms with Gasteiger partial charge in [0.25, 0.3) is 0 Å².